The summed E-state index contributed by atoms with van der Waals surface area (Å²) in [7, 11) is 3.94. The third-order valence-electron chi connectivity index (χ3n) is 4.03. The van der Waals surface area contributed by atoms with E-state index in [1.54, 1.807) is 6.08 Å². The van der Waals surface area contributed by atoms with Crippen molar-refractivity contribution in [1.82, 2.24) is 29.5 Å². The van der Waals surface area contributed by atoms with Crippen molar-refractivity contribution in [2.24, 2.45) is 0 Å². The molecule has 0 radical (unpaired) electrons. The van der Waals surface area contributed by atoms with Crippen molar-refractivity contribution in [2.45, 2.75) is 12.5 Å². The van der Waals surface area contributed by atoms with E-state index in [1.165, 1.54) is 6.33 Å². The molecule has 1 aliphatic heterocycles. The zero-order valence-corrected chi connectivity index (χ0v) is 15.8. The minimum absolute atomic E-state index is 0.0413. The maximum Gasteiger partial charge on any atom is 0.246 e. The Labute approximate surface area is 153 Å². The maximum atomic E-state index is 12.3. The molecule has 0 aromatic carbocycles. The molecule has 1 atom stereocenters. The van der Waals surface area contributed by atoms with Crippen LogP contribution >= 0.6 is 22.6 Å². The Bertz CT molecular complexity index is 785. The van der Waals surface area contributed by atoms with E-state index in [0.29, 0.717) is 18.9 Å². The zero-order valence-electron chi connectivity index (χ0n) is 13.7. The number of anilines is 1. The number of likely N-dealkylation sites (N-methyl/N-ethyl adjacent to an activating group) is 1. The normalized spacial score (nSPS) is 18.3. The number of carbonyl (C=O) groups is 1. The highest BCUT2D eigenvalue weighted by molar-refractivity contribution is 14.1. The van der Waals surface area contributed by atoms with Crippen LogP contribution in [0, 0.1) is 3.70 Å². The summed E-state index contributed by atoms with van der Waals surface area (Å²) in [6.45, 7) is 2.09. The molecule has 3 heterocycles. The van der Waals surface area contributed by atoms with Crippen LogP contribution in [0.2, 0.25) is 0 Å². The first kappa shape index (κ1) is 17.1. The van der Waals surface area contributed by atoms with E-state index in [1.807, 2.05) is 34.7 Å². The van der Waals surface area contributed by atoms with Gasteiger partial charge in [0.2, 0.25) is 5.91 Å². The third kappa shape index (κ3) is 3.36. The Morgan fingerprint density at radius 1 is 1.50 bits per heavy atom. The van der Waals surface area contributed by atoms with Crippen LogP contribution in [0.25, 0.3) is 11.0 Å². The lowest BCUT2D eigenvalue weighted by Crippen LogP contribution is -2.28. The second-order valence-corrected chi connectivity index (χ2v) is 7.11. The third-order valence-corrected chi connectivity index (χ3v) is 4.78. The maximum absolute atomic E-state index is 12.3. The lowest BCUT2D eigenvalue weighted by atomic mass is 10.2. The van der Waals surface area contributed by atoms with Crippen LogP contribution in [0.5, 0.6) is 0 Å². The number of halogens is 1. The van der Waals surface area contributed by atoms with Crippen molar-refractivity contribution in [2.75, 3.05) is 39.5 Å². The van der Waals surface area contributed by atoms with Gasteiger partial charge in [-0.25, -0.2) is 14.6 Å². The van der Waals surface area contributed by atoms with Crippen LogP contribution < -0.4 is 5.73 Å². The van der Waals surface area contributed by atoms with Gasteiger partial charge in [0.05, 0.1) is 11.4 Å². The van der Waals surface area contributed by atoms with Crippen LogP contribution in [0.3, 0.4) is 0 Å². The SMILES string of the molecule is CN(C)CC=CC(=O)N1CC[C@H](n2nc(I)c3c(N)ncnc32)C1. The minimum atomic E-state index is 0.0413. The molecule has 1 fully saturated rings. The van der Waals surface area contributed by atoms with E-state index in [4.69, 9.17) is 5.73 Å². The number of fused-ring (bicyclic) bond motifs is 1. The molecular formula is C15H20IN7O. The average molecular weight is 441 g/mol. The van der Waals surface area contributed by atoms with Gasteiger partial charge in [-0.05, 0) is 43.1 Å². The molecule has 0 spiro atoms. The summed E-state index contributed by atoms with van der Waals surface area (Å²) in [5.41, 5.74) is 6.67. The molecular weight excluding hydrogens is 421 g/mol. The largest absolute Gasteiger partial charge is 0.383 e. The molecule has 2 N–H and O–H groups in total. The van der Waals surface area contributed by atoms with Crippen LogP contribution in [-0.4, -0.2) is 69.2 Å². The fourth-order valence-corrected chi connectivity index (χ4v) is 3.57. The molecule has 0 unspecified atom stereocenters. The molecule has 0 bridgehead atoms. The molecule has 2 aromatic heterocycles. The Balaban J connectivity index is 1.76. The lowest BCUT2D eigenvalue weighted by Gasteiger charge is -2.15. The van der Waals surface area contributed by atoms with Gasteiger partial charge in [-0.1, -0.05) is 6.08 Å². The fourth-order valence-electron chi connectivity index (χ4n) is 2.82. The van der Waals surface area contributed by atoms with Gasteiger partial charge in [0.1, 0.15) is 15.8 Å². The average Bonchev–Trinajstić information content (AvgIpc) is 3.12. The number of nitrogen functional groups attached to an aromatic ring is 1. The van der Waals surface area contributed by atoms with Crippen LogP contribution in [0.4, 0.5) is 5.82 Å². The minimum Gasteiger partial charge on any atom is -0.383 e. The molecule has 2 aromatic rings. The summed E-state index contributed by atoms with van der Waals surface area (Å²) in [4.78, 5) is 24.5. The van der Waals surface area contributed by atoms with E-state index in [0.717, 1.165) is 27.7 Å². The quantitative estimate of drug-likeness (QED) is 0.560. The lowest BCUT2D eigenvalue weighted by molar-refractivity contribution is -0.125. The Hall–Kier alpha value is -1.75. The Morgan fingerprint density at radius 2 is 2.29 bits per heavy atom. The van der Waals surface area contributed by atoms with E-state index in [9.17, 15) is 4.79 Å². The van der Waals surface area contributed by atoms with Crippen molar-refractivity contribution in [3.63, 3.8) is 0 Å². The van der Waals surface area contributed by atoms with Gasteiger partial charge in [0, 0.05) is 25.7 Å². The summed E-state index contributed by atoms with van der Waals surface area (Å²) >= 11 is 2.15. The molecule has 3 rings (SSSR count). The van der Waals surface area contributed by atoms with Crippen molar-refractivity contribution < 1.29 is 4.79 Å². The van der Waals surface area contributed by atoms with Gasteiger partial charge >= 0.3 is 0 Å². The van der Waals surface area contributed by atoms with E-state index < -0.39 is 0 Å². The topological polar surface area (TPSA) is 93.2 Å². The van der Waals surface area contributed by atoms with Crippen molar-refractivity contribution in [1.29, 1.82) is 0 Å². The molecule has 9 heteroatoms. The van der Waals surface area contributed by atoms with Crippen LogP contribution in [0.15, 0.2) is 18.5 Å². The summed E-state index contributed by atoms with van der Waals surface area (Å²) in [6, 6.07) is 0.108. The van der Waals surface area contributed by atoms with Crippen LogP contribution in [0.1, 0.15) is 12.5 Å². The van der Waals surface area contributed by atoms with Gasteiger partial charge in [-0.15, -0.1) is 0 Å². The first-order valence-electron chi connectivity index (χ1n) is 7.71. The van der Waals surface area contributed by atoms with E-state index >= 15 is 0 Å². The highest BCUT2D eigenvalue weighted by atomic mass is 127. The summed E-state index contributed by atoms with van der Waals surface area (Å²) in [5, 5.41) is 5.36. The summed E-state index contributed by atoms with van der Waals surface area (Å²) in [6.07, 6.45) is 5.83. The number of aromatic nitrogens is 4. The second-order valence-electron chi connectivity index (χ2n) is 6.08. The zero-order chi connectivity index (χ0) is 17.3. The summed E-state index contributed by atoms with van der Waals surface area (Å²) < 4.78 is 2.67. The van der Waals surface area contributed by atoms with Crippen molar-refractivity contribution >= 4 is 45.3 Å². The van der Waals surface area contributed by atoms with E-state index in [-0.39, 0.29) is 11.9 Å². The number of carbonyl (C=O) groups excluding carboxylic acids is 1. The number of nitrogens with zero attached hydrogens (tertiary/aromatic N) is 6. The van der Waals surface area contributed by atoms with E-state index in [2.05, 4.69) is 37.7 Å². The highest BCUT2D eigenvalue weighted by Crippen LogP contribution is 2.29. The van der Waals surface area contributed by atoms with Crippen molar-refractivity contribution in [3.05, 3.63) is 22.2 Å². The summed E-state index contributed by atoms with van der Waals surface area (Å²) in [5.74, 6) is 0.479. The number of rotatable bonds is 4. The monoisotopic (exact) mass is 441 g/mol. The molecule has 0 saturated carbocycles. The second kappa shape index (κ2) is 7.01. The standard InChI is InChI=1S/C15H20IN7O/c1-21(2)6-3-4-11(24)22-7-5-10(8-22)23-15-12(13(16)20-23)14(17)18-9-19-15/h3-4,9-10H,5-8H2,1-2H3,(H2,17,18,19)/t10-/m0/s1. The Morgan fingerprint density at radius 3 is 3.04 bits per heavy atom. The molecule has 128 valence electrons. The molecule has 1 amide bonds. The number of hydrogen-bond acceptors (Lipinski definition) is 6. The number of nitrogens with two attached hydrogens (primary N) is 1. The number of likely N-dealkylation sites (tertiary alicyclic amines) is 1. The van der Waals surface area contributed by atoms with Gasteiger partial charge in [0.25, 0.3) is 0 Å². The predicted octanol–water partition coefficient (Wildman–Crippen LogP) is 0.904. The smallest absolute Gasteiger partial charge is 0.246 e. The first-order valence-corrected chi connectivity index (χ1v) is 8.79. The van der Waals surface area contributed by atoms with Gasteiger partial charge < -0.3 is 15.5 Å². The van der Waals surface area contributed by atoms with Crippen molar-refractivity contribution in [3.8, 4) is 0 Å². The first-order chi connectivity index (χ1) is 11.5. The molecule has 0 aliphatic carbocycles. The highest BCUT2D eigenvalue weighted by Gasteiger charge is 2.29. The molecule has 1 saturated heterocycles. The number of amides is 1. The predicted molar refractivity (Wildman–Crippen MR) is 100 cm³/mol. The number of hydrogen-bond donors (Lipinski definition) is 1. The van der Waals surface area contributed by atoms with Gasteiger partial charge in [0.15, 0.2) is 5.65 Å². The molecule has 24 heavy (non-hydrogen) atoms. The van der Waals surface area contributed by atoms with Gasteiger partial charge in [-0.3, -0.25) is 4.79 Å². The molecule has 8 nitrogen and oxygen atoms in total. The fraction of sp³-hybridized carbons (Fsp3) is 0.467. The molecule has 1 aliphatic rings. The van der Waals surface area contributed by atoms with Gasteiger partial charge in [-0.2, -0.15) is 5.10 Å². The van der Waals surface area contributed by atoms with Crippen LogP contribution in [-0.2, 0) is 4.79 Å². The Kier molecular flexibility index (Phi) is 4.99.